The number of hydrogen-bond donors (Lipinski definition) is 1. The smallest absolute Gasteiger partial charge is 0.338 e. The van der Waals surface area contributed by atoms with Gasteiger partial charge in [0, 0.05) is 5.69 Å². The minimum absolute atomic E-state index is 0.00236. The van der Waals surface area contributed by atoms with Gasteiger partial charge in [-0.2, -0.15) is 0 Å². The Morgan fingerprint density at radius 3 is 2.38 bits per heavy atom. The Morgan fingerprint density at radius 2 is 1.69 bits per heavy atom. The molecule has 162 valence electrons. The fraction of sp³-hybridized carbons (Fsp3) is 0.167. The Hall–Kier alpha value is -4.20. The lowest BCUT2D eigenvalue weighted by molar-refractivity contribution is -0.119. The van der Waals surface area contributed by atoms with Gasteiger partial charge in [-0.25, -0.2) is 4.79 Å². The molecule has 2 aromatic carbocycles. The standard InChI is InChI=1S/C24H20N2O6/c1-14-5-3-6-15(2)21(14)25-20(27)13-32-24(30)16-8-9-18-19(11-16)23(29)26(22(18)28)12-17-7-4-10-31-17/h3-11H,12-13H2,1-2H3,(H,25,27). The molecule has 3 amide bonds. The molecule has 8 heteroatoms. The van der Waals surface area contributed by atoms with Crippen LogP contribution in [0, 0.1) is 13.8 Å². The Morgan fingerprint density at radius 1 is 0.969 bits per heavy atom. The summed E-state index contributed by atoms with van der Waals surface area (Å²) in [6.07, 6.45) is 1.46. The number of carbonyl (C=O) groups is 4. The van der Waals surface area contributed by atoms with Gasteiger partial charge in [0.15, 0.2) is 6.61 Å². The number of esters is 1. The van der Waals surface area contributed by atoms with E-state index in [1.807, 2.05) is 32.0 Å². The van der Waals surface area contributed by atoms with Crippen LogP contribution in [0.1, 0.15) is 48.0 Å². The van der Waals surface area contributed by atoms with Crippen molar-refractivity contribution >= 4 is 29.4 Å². The molecular formula is C24H20N2O6. The van der Waals surface area contributed by atoms with Crippen LogP contribution in [0.15, 0.2) is 59.2 Å². The maximum Gasteiger partial charge on any atom is 0.338 e. The molecule has 1 aromatic heterocycles. The van der Waals surface area contributed by atoms with Crippen molar-refractivity contribution in [3.63, 3.8) is 0 Å². The zero-order chi connectivity index (χ0) is 22.8. The van der Waals surface area contributed by atoms with Crippen molar-refractivity contribution in [2.24, 2.45) is 0 Å². The largest absolute Gasteiger partial charge is 0.467 e. The highest BCUT2D eigenvalue weighted by Crippen LogP contribution is 2.26. The minimum atomic E-state index is -0.769. The molecule has 0 saturated carbocycles. The van der Waals surface area contributed by atoms with Crippen LogP contribution in [0.5, 0.6) is 0 Å². The van der Waals surface area contributed by atoms with E-state index in [0.29, 0.717) is 11.4 Å². The van der Waals surface area contributed by atoms with E-state index in [4.69, 9.17) is 9.15 Å². The number of nitrogens with one attached hydrogen (secondary N) is 1. The number of ether oxygens (including phenoxy) is 1. The van der Waals surface area contributed by atoms with Crippen molar-refractivity contribution in [2.75, 3.05) is 11.9 Å². The SMILES string of the molecule is Cc1cccc(C)c1NC(=O)COC(=O)c1ccc2c(c1)C(=O)N(Cc1ccco1)C2=O. The monoisotopic (exact) mass is 432 g/mol. The highest BCUT2D eigenvalue weighted by atomic mass is 16.5. The third kappa shape index (κ3) is 4.02. The molecular weight excluding hydrogens is 412 g/mol. The zero-order valence-corrected chi connectivity index (χ0v) is 17.5. The van der Waals surface area contributed by atoms with Gasteiger partial charge in [-0.05, 0) is 55.3 Å². The highest BCUT2D eigenvalue weighted by Gasteiger charge is 2.36. The number of aryl methyl sites for hydroxylation is 2. The first-order valence-electron chi connectivity index (χ1n) is 9.91. The van der Waals surface area contributed by atoms with Crippen molar-refractivity contribution in [1.82, 2.24) is 4.90 Å². The average Bonchev–Trinajstić information content (AvgIpc) is 3.37. The molecule has 8 nitrogen and oxygen atoms in total. The Kier molecular flexibility index (Phi) is 5.59. The summed E-state index contributed by atoms with van der Waals surface area (Å²) in [4.78, 5) is 51.0. The van der Waals surface area contributed by atoms with Crippen LogP contribution < -0.4 is 5.32 Å². The van der Waals surface area contributed by atoms with Crippen LogP contribution in [-0.2, 0) is 16.1 Å². The predicted molar refractivity (Wildman–Crippen MR) is 114 cm³/mol. The fourth-order valence-corrected chi connectivity index (χ4v) is 3.52. The van der Waals surface area contributed by atoms with Gasteiger partial charge < -0.3 is 14.5 Å². The van der Waals surface area contributed by atoms with Gasteiger partial charge in [0.2, 0.25) is 0 Å². The highest BCUT2D eigenvalue weighted by molar-refractivity contribution is 6.21. The number of nitrogens with zero attached hydrogens (tertiary/aromatic N) is 1. The van der Waals surface area contributed by atoms with E-state index in [-0.39, 0.29) is 23.2 Å². The molecule has 2 heterocycles. The van der Waals surface area contributed by atoms with Crippen molar-refractivity contribution in [1.29, 1.82) is 0 Å². The summed E-state index contributed by atoms with van der Waals surface area (Å²) in [7, 11) is 0. The second kappa shape index (κ2) is 8.50. The quantitative estimate of drug-likeness (QED) is 0.472. The second-order valence-electron chi connectivity index (χ2n) is 7.43. The minimum Gasteiger partial charge on any atom is -0.467 e. The van der Waals surface area contributed by atoms with Crippen LogP contribution >= 0.6 is 0 Å². The molecule has 0 fully saturated rings. The molecule has 0 spiro atoms. The van der Waals surface area contributed by atoms with Crippen LogP contribution in [-0.4, -0.2) is 35.2 Å². The van der Waals surface area contributed by atoms with Crippen LogP contribution in [0.4, 0.5) is 5.69 Å². The summed E-state index contributed by atoms with van der Waals surface area (Å²) < 4.78 is 10.3. The van der Waals surface area contributed by atoms with Gasteiger partial charge in [-0.1, -0.05) is 18.2 Å². The molecule has 1 aliphatic rings. The fourth-order valence-electron chi connectivity index (χ4n) is 3.52. The summed E-state index contributed by atoms with van der Waals surface area (Å²) >= 11 is 0. The lowest BCUT2D eigenvalue weighted by atomic mass is 10.1. The molecule has 0 unspecified atom stereocenters. The maximum atomic E-state index is 12.7. The van der Waals surface area contributed by atoms with Crippen LogP contribution in [0.2, 0.25) is 0 Å². The number of benzene rings is 2. The van der Waals surface area contributed by atoms with E-state index in [9.17, 15) is 19.2 Å². The van der Waals surface area contributed by atoms with Crippen molar-refractivity contribution in [3.8, 4) is 0 Å². The molecule has 0 radical (unpaired) electrons. The number of carbonyl (C=O) groups excluding carboxylic acids is 4. The zero-order valence-electron chi connectivity index (χ0n) is 17.5. The topological polar surface area (TPSA) is 106 Å². The number of rotatable bonds is 6. The van der Waals surface area contributed by atoms with Gasteiger partial charge in [-0.15, -0.1) is 0 Å². The van der Waals surface area contributed by atoms with Crippen molar-refractivity contribution < 1.29 is 28.3 Å². The summed E-state index contributed by atoms with van der Waals surface area (Å²) in [5.41, 5.74) is 2.84. The first kappa shape index (κ1) is 21.0. The van der Waals surface area contributed by atoms with E-state index >= 15 is 0 Å². The molecule has 0 atom stereocenters. The lowest BCUT2D eigenvalue weighted by Gasteiger charge is -2.11. The third-order valence-corrected chi connectivity index (χ3v) is 5.18. The van der Waals surface area contributed by atoms with Gasteiger partial charge >= 0.3 is 5.97 Å². The third-order valence-electron chi connectivity index (χ3n) is 5.18. The summed E-state index contributed by atoms with van der Waals surface area (Å²) in [5, 5.41) is 2.74. The van der Waals surface area contributed by atoms with E-state index in [2.05, 4.69) is 5.32 Å². The van der Waals surface area contributed by atoms with Gasteiger partial charge in [0.25, 0.3) is 17.7 Å². The van der Waals surface area contributed by atoms with Crippen molar-refractivity contribution in [2.45, 2.75) is 20.4 Å². The molecule has 3 aromatic rings. The summed E-state index contributed by atoms with van der Waals surface area (Å²) in [5.74, 6) is -1.77. The Labute approximate surface area is 183 Å². The number of para-hydroxylation sites is 1. The molecule has 1 N–H and O–H groups in total. The number of amides is 3. The van der Waals surface area contributed by atoms with E-state index in [0.717, 1.165) is 16.0 Å². The molecule has 0 aliphatic carbocycles. The number of anilines is 1. The normalized spacial score (nSPS) is 12.6. The van der Waals surface area contributed by atoms with Crippen LogP contribution in [0.3, 0.4) is 0 Å². The van der Waals surface area contributed by atoms with Gasteiger partial charge in [0.05, 0.1) is 29.5 Å². The van der Waals surface area contributed by atoms with Crippen molar-refractivity contribution in [3.05, 3.63) is 88.4 Å². The molecule has 32 heavy (non-hydrogen) atoms. The molecule has 0 bridgehead atoms. The Bertz CT molecular complexity index is 1210. The maximum absolute atomic E-state index is 12.7. The van der Waals surface area contributed by atoms with E-state index in [1.54, 1.807) is 12.1 Å². The second-order valence-corrected chi connectivity index (χ2v) is 7.43. The first-order valence-corrected chi connectivity index (χ1v) is 9.91. The summed E-state index contributed by atoms with van der Waals surface area (Å²) in [6, 6.07) is 13.1. The van der Waals surface area contributed by atoms with E-state index in [1.165, 1.54) is 24.5 Å². The van der Waals surface area contributed by atoms with Gasteiger partial charge in [0.1, 0.15) is 5.76 Å². The molecule has 4 rings (SSSR count). The Balaban J connectivity index is 1.42. The average molecular weight is 432 g/mol. The van der Waals surface area contributed by atoms with Gasteiger partial charge in [-0.3, -0.25) is 19.3 Å². The molecule has 1 aliphatic heterocycles. The van der Waals surface area contributed by atoms with Crippen LogP contribution in [0.25, 0.3) is 0 Å². The predicted octanol–water partition coefficient (Wildman–Crippen LogP) is 3.49. The number of hydrogen-bond acceptors (Lipinski definition) is 6. The first-order chi connectivity index (χ1) is 15.3. The molecule has 0 saturated heterocycles. The number of furan rings is 1. The van der Waals surface area contributed by atoms with E-state index < -0.39 is 30.3 Å². The number of imide groups is 1. The summed E-state index contributed by atoms with van der Waals surface area (Å²) in [6.45, 7) is 3.25. The lowest BCUT2D eigenvalue weighted by Crippen LogP contribution is -2.28. The number of fused-ring (bicyclic) bond motifs is 1.